The molecule has 1 atom stereocenters. The zero-order chi connectivity index (χ0) is 23.3. The fraction of sp³-hybridized carbons (Fsp3) is 0.600. The van der Waals surface area contributed by atoms with Crippen LogP contribution in [-0.4, -0.2) is 60.6 Å². The predicted octanol–water partition coefficient (Wildman–Crippen LogP) is 3.07. The van der Waals surface area contributed by atoms with Gasteiger partial charge in [0.05, 0.1) is 6.07 Å². The van der Waals surface area contributed by atoms with Crippen LogP contribution in [-0.2, 0) is 22.6 Å². The summed E-state index contributed by atoms with van der Waals surface area (Å²) in [7, 11) is 1.55. The molecule has 2 amide bonds. The zero-order valence-electron chi connectivity index (χ0n) is 19.4. The lowest BCUT2D eigenvalue weighted by Gasteiger charge is -2.25. The first kappa shape index (κ1) is 25.5. The number of aldehydes is 1. The van der Waals surface area contributed by atoms with E-state index in [9.17, 15) is 14.4 Å². The summed E-state index contributed by atoms with van der Waals surface area (Å²) in [6, 6.07) is 7.42. The van der Waals surface area contributed by atoms with Gasteiger partial charge in [-0.15, -0.1) is 0 Å². The molecule has 7 nitrogen and oxygen atoms in total. The number of fused-ring (bicyclic) bond motifs is 1. The molecule has 0 radical (unpaired) electrons. The fourth-order valence-corrected chi connectivity index (χ4v) is 4.37. The van der Waals surface area contributed by atoms with Crippen molar-refractivity contribution < 1.29 is 14.4 Å². The number of nitrogens with zero attached hydrogens (tertiary/aromatic N) is 3. The van der Waals surface area contributed by atoms with Crippen molar-refractivity contribution in [3.63, 3.8) is 0 Å². The molecular weight excluding hydrogens is 404 g/mol. The Hall–Kier alpha value is -2.72. The molecule has 0 aliphatic carbocycles. The highest BCUT2D eigenvalue weighted by molar-refractivity contribution is 6.01. The van der Waals surface area contributed by atoms with Gasteiger partial charge in [0, 0.05) is 38.5 Å². The molecule has 1 aliphatic heterocycles. The molecular formula is C25H36N4O3. The number of carbonyl (C=O) groups excluding carboxylic acids is 3. The number of benzene rings is 1. The van der Waals surface area contributed by atoms with E-state index < -0.39 is 6.04 Å². The number of likely N-dealkylation sites (N-methyl/N-ethyl adjacent to an activating group) is 1. The van der Waals surface area contributed by atoms with Crippen LogP contribution in [0.25, 0.3) is 0 Å². The lowest BCUT2D eigenvalue weighted by atomic mass is 9.98. The molecule has 2 rings (SSSR count). The SMILES string of the molecule is CCN(CCC#N)CCCCCCc1cccc2c1CN(C(CCC=O)C(=O)NC)C2=O. The molecule has 1 aromatic rings. The van der Waals surface area contributed by atoms with Gasteiger partial charge in [0.15, 0.2) is 0 Å². The number of hydrogen-bond acceptors (Lipinski definition) is 5. The fourth-order valence-electron chi connectivity index (χ4n) is 4.37. The van der Waals surface area contributed by atoms with Crippen molar-refractivity contribution >= 4 is 18.1 Å². The summed E-state index contributed by atoms with van der Waals surface area (Å²) >= 11 is 0. The Morgan fingerprint density at radius 1 is 1.28 bits per heavy atom. The molecule has 7 heteroatoms. The second kappa shape index (κ2) is 13.6. The first-order valence-corrected chi connectivity index (χ1v) is 11.7. The maximum absolute atomic E-state index is 13.0. The van der Waals surface area contributed by atoms with E-state index in [1.54, 1.807) is 11.9 Å². The molecule has 32 heavy (non-hydrogen) atoms. The Balaban J connectivity index is 1.90. The van der Waals surface area contributed by atoms with Crippen molar-refractivity contribution in [1.29, 1.82) is 5.26 Å². The highest BCUT2D eigenvalue weighted by Gasteiger charge is 2.36. The number of carbonyl (C=O) groups is 3. The third-order valence-corrected chi connectivity index (χ3v) is 6.23. The minimum atomic E-state index is -0.625. The van der Waals surface area contributed by atoms with Crippen LogP contribution in [0.2, 0.25) is 0 Å². The number of nitrogens with one attached hydrogen (secondary N) is 1. The van der Waals surface area contributed by atoms with Gasteiger partial charge in [0.25, 0.3) is 5.91 Å². The van der Waals surface area contributed by atoms with Crippen LogP contribution >= 0.6 is 0 Å². The Labute approximate surface area is 191 Å². The van der Waals surface area contributed by atoms with Crippen molar-refractivity contribution in [3.8, 4) is 6.07 Å². The van der Waals surface area contributed by atoms with Crippen LogP contribution in [0.15, 0.2) is 18.2 Å². The zero-order valence-corrected chi connectivity index (χ0v) is 19.4. The van der Waals surface area contributed by atoms with Crippen molar-refractivity contribution in [1.82, 2.24) is 15.1 Å². The van der Waals surface area contributed by atoms with Gasteiger partial charge in [0.2, 0.25) is 5.91 Å². The van der Waals surface area contributed by atoms with Gasteiger partial charge < -0.3 is 19.9 Å². The lowest BCUT2D eigenvalue weighted by molar-refractivity contribution is -0.125. The number of unbranched alkanes of at least 4 members (excludes halogenated alkanes) is 3. The topological polar surface area (TPSA) is 93.5 Å². The van der Waals surface area contributed by atoms with E-state index in [-0.39, 0.29) is 18.2 Å². The van der Waals surface area contributed by atoms with E-state index in [0.717, 1.165) is 63.6 Å². The third kappa shape index (κ3) is 6.89. The first-order valence-electron chi connectivity index (χ1n) is 11.7. The summed E-state index contributed by atoms with van der Waals surface area (Å²) in [5.74, 6) is -0.358. The number of nitriles is 1. The molecule has 0 fully saturated rings. The minimum absolute atomic E-state index is 0.127. The van der Waals surface area contributed by atoms with Crippen LogP contribution in [0.5, 0.6) is 0 Å². The number of aryl methyl sites for hydroxylation is 1. The summed E-state index contributed by atoms with van der Waals surface area (Å²) in [5.41, 5.74) is 2.87. The summed E-state index contributed by atoms with van der Waals surface area (Å²) in [5, 5.41) is 11.4. The highest BCUT2D eigenvalue weighted by Crippen LogP contribution is 2.29. The van der Waals surface area contributed by atoms with E-state index in [2.05, 4.69) is 29.3 Å². The average molecular weight is 441 g/mol. The van der Waals surface area contributed by atoms with Crippen molar-refractivity contribution in [2.75, 3.05) is 26.7 Å². The molecule has 0 bridgehead atoms. The second-order valence-electron chi connectivity index (χ2n) is 8.26. The maximum atomic E-state index is 13.0. The molecule has 1 aliphatic rings. The normalized spacial score (nSPS) is 13.7. The van der Waals surface area contributed by atoms with Gasteiger partial charge >= 0.3 is 0 Å². The average Bonchev–Trinajstić information content (AvgIpc) is 3.15. The third-order valence-electron chi connectivity index (χ3n) is 6.23. The van der Waals surface area contributed by atoms with Crippen molar-refractivity contribution in [2.45, 2.75) is 70.9 Å². The molecule has 1 aromatic carbocycles. The molecule has 0 saturated heterocycles. The Morgan fingerprint density at radius 2 is 2.06 bits per heavy atom. The van der Waals surface area contributed by atoms with Crippen molar-refractivity contribution in [2.24, 2.45) is 0 Å². The Morgan fingerprint density at radius 3 is 2.75 bits per heavy atom. The number of amides is 2. The van der Waals surface area contributed by atoms with E-state index in [4.69, 9.17) is 5.26 Å². The van der Waals surface area contributed by atoms with Crippen molar-refractivity contribution in [3.05, 3.63) is 34.9 Å². The summed E-state index contributed by atoms with van der Waals surface area (Å²) < 4.78 is 0. The van der Waals surface area contributed by atoms with Gasteiger partial charge in [-0.2, -0.15) is 5.26 Å². The molecule has 0 saturated carbocycles. The van der Waals surface area contributed by atoms with Crippen LogP contribution in [0, 0.1) is 11.3 Å². The van der Waals surface area contributed by atoms with E-state index in [0.29, 0.717) is 24.9 Å². The first-order chi connectivity index (χ1) is 15.6. The number of hydrogen-bond donors (Lipinski definition) is 1. The van der Waals surface area contributed by atoms with E-state index >= 15 is 0 Å². The number of rotatable bonds is 15. The quantitative estimate of drug-likeness (QED) is 0.334. The molecule has 1 heterocycles. The monoisotopic (exact) mass is 440 g/mol. The summed E-state index contributed by atoms with van der Waals surface area (Å²) in [6.07, 6.45) is 7.32. The molecule has 0 spiro atoms. The van der Waals surface area contributed by atoms with E-state index in [1.165, 1.54) is 5.56 Å². The molecule has 0 aromatic heterocycles. The van der Waals surface area contributed by atoms with Crippen LogP contribution in [0.4, 0.5) is 0 Å². The van der Waals surface area contributed by atoms with Crippen LogP contribution in [0.1, 0.15) is 73.4 Å². The molecule has 174 valence electrons. The largest absolute Gasteiger partial charge is 0.357 e. The Kier molecular flexibility index (Phi) is 10.9. The van der Waals surface area contributed by atoms with E-state index in [1.807, 2.05) is 12.1 Å². The van der Waals surface area contributed by atoms with Gasteiger partial charge in [-0.05, 0) is 56.0 Å². The standard InChI is InChI=1S/C25H36N4O3/c1-3-28(17-10-15-26)16-7-5-4-6-11-20-12-8-13-21-22(20)19-29(25(21)32)23(14-9-18-30)24(31)27-2/h8,12-13,18,23H,3-7,9-11,14,16-17,19H2,1-2H3,(H,27,31). The van der Waals surface area contributed by atoms with Gasteiger partial charge in [-0.1, -0.05) is 31.9 Å². The highest BCUT2D eigenvalue weighted by atomic mass is 16.2. The predicted molar refractivity (Wildman–Crippen MR) is 124 cm³/mol. The van der Waals surface area contributed by atoms with Gasteiger partial charge in [-0.3, -0.25) is 9.59 Å². The summed E-state index contributed by atoms with van der Waals surface area (Å²) in [4.78, 5) is 40.1. The second-order valence-corrected chi connectivity index (χ2v) is 8.26. The Bertz CT molecular complexity index is 818. The molecule has 1 N–H and O–H groups in total. The summed E-state index contributed by atoms with van der Waals surface area (Å²) in [6.45, 7) is 5.41. The van der Waals surface area contributed by atoms with Crippen LogP contribution in [0.3, 0.4) is 0 Å². The lowest BCUT2D eigenvalue weighted by Crippen LogP contribution is -2.46. The smallest absolute Gasteiger partial charge is 0.255 e. The van der Waals surface area contributed by atoms with Crippen LogP contribution < -0.4 is 5.32 Å². The molecule has 1 unspecified atom stereocenters. The van der Waals surface area contributed by atoms with Gasteiger partial charge in [0.1, 0.15) is 12.3 Å². The minimum Gasteiger partial charge on any atom is -0.357 e. The van der Waals surface area contributed by atoms with Gasteiger partial charge in [-0.25, -0.2) is 0 Å². The maximum Gasteiger partial charge on any atom is 0.255 e.